The number of carbonyl (C=O) groups is 2. The van der Waals surface area contributed by atoms with Crippen LogP contribution in [0.2, 0.25) is 0 Å². The summed E-state index contributed by atoms with van der Waals surface area (Å²) in [5.74, 6) is 0.163. The molecule has 0 spiro atoms. The van der Waals surface area contributed by atoms with Crippen LogP contribution >= 0.6 is 15.9 Å². The fraction of sp³-hybridized carbons (Fsp3) is 0.800. The van der Waals surface area contributed by atoms with E-state index in [1.807, 2.05) is 0 Å². The molecule has 1 heterocycles. The average Bonchev–Trinajstić information content (AvgIpc) is 2.57. The van der Waals surface area contributed by atoms with Crippen molar-refractivity contribution in [3.05, 3.63) is 0 Å². The highest BCUT2D eigenvalue weighted by atomic mass is 79.9. The number of amides is 1. The van der Waals surface area contributed by atoms with Gasteiger partial charge < -0.3 is 9.64 Å². The van der Waals surface area contributed by atoms with E-state index in [0.717, 1.165) is 18.2 Å². The zero-order valence-electron chi connectivity index (χ0n) is 8.87. The molecule has 5 heteroatoms. The minimum absolute atomic E-state index is 0.00644. The highest BCUT2D eigenvalue weighted by molar-refractivity contribution is 9.09. The van der Waals surface area contributed by atoms with Gasteiger partial charge in [-0.25, -0.2) is 4.79 Å². The zero-order chi connectivity index (χ0) is 11.3. The number of ether oxygens (including phenoxy) is 1. The molecule has 0 saturated carbocycles. The summed E-state index contributed by atoms with van der Waals surface area (Å²) in [5, 5.41) is 0.899. The van der Waals surface area contributed by atoms with Crippen molar-refractivity contribution in [2.45, 2.75) is 19.8 Å². The molecule has 15 heavy (non-hydrogen) atoms. The third-order valence-corrected chi connectivity index (χ3v) is 3.02. The lowest BCUT2D eigenvalue weighted by molar-refractivity contribution is -0.119. The Balaban J connectivity index is 2.41. The Morgan fingerprint density at radius 1 is 1.67 bits per heavy atom. The minimum atomic E-state index is -0.368. The number of carbonyl (C=O) groups excluding carboxylic acids is 2. The SMILES string of the molecule is CCOC(=O)N1CC(=O)C(CCCBr)C1. The largest absolute Gasteiger partial charge is 0.450 e. The minimum Gasteiger partial charge on any atom is -0.450 e. The van der Waals surface area contributed by atoms with Crippen molar-refractivity contribution in [2.24, 2.45) is 5.92 Å². The molecule has 4 nitrogen and oxygen atoms in total. The summed E-state index contributed by atoms with van der Waals surface area (Å²) in [5.41, 5.74) is 0. The summed E-state index contributed by atoms with van der Waals surface area (Å²) in [6.07, 6.45) is 1.44. The van der Waals surface area contributed by atoms with Crippen molar-refractivity contribution in [3.63, 3.8) is 0 Å². The van der Waals surface area contributed by atoms with Gasteiger partial charge in [0, 0.05) is 17.8 Å². The Hall–Kier alpha value is -0.580. The summed E-state index contributed by atoms with van der Waals surface area (Å²) < 4.78 is 4.85. The molecule has 86 valence electrons. The van der Waals surface area contributed by atoms with E-state index in [0.29, 0.717) is 13.2 Å². The Morgan fingerprint density at radius 3 is 3.00 bits per heavy atom. The second-order valence-electron chi connectivity index (χ2n) is 3.57. The quantitative estimate of drug-likeness (QED) is 0.737. The van der Waals surface area contributed by atoms with E-state index in [9.17, 15) is 9.59 Å². The number of halogens is 1. The molecule has 0 N–H and O–H groups in total. The van der Waals surface area contributed by atoms with E-state index in [4.69, 9.17) is 4.74 Å². The number of ketones is 1. The molecule has 0 aliphatic carbocycles. The number of nitrogens with zero attached hydrogens (tertiary/aromatic N) is 1. The third kappa shape index (κ3) is 3.48. The first kappa shape index (κ1) is 12.5. The first-order valence-corrected chi connectivity index (χ1v) is 6.31. The van der Waals surface area contributed by atoms with E-state index >= 15 is 0 Å². The molecule has 1 fully saturated rings. The molecule has 0 aromatic heterocycles. The topological polar surface area (TPSA) is 46.6 Å². The number of rotatable bonds is 4. The van der Waals surface area contributed by atoms with Gasteiger partial charge in [0.1, 0.15) is 0 Å². The first-order chi connectivity index (χ1) is 7.19. The fourth-order valence-corrected chi connectivity index (χ4v) is 2.00. The molecule has 1 aliphatic rings. The Labute approximate surface area is 98.1 Å². The fourth-order valence-electron chi connectivity index (χ4n) is 1.68. The first-order valence-electron chi connectivity index (χ1n) is 5.19. The van der Waals surface area contributed by atoms with E-state index in [2.05, 4.69) is 15.9 Å². The Bertz CT molecular complexity index is 245. The highest BCUT2D eigenvalue weighted by Crippen LogP contribution is 2.19. The normalized spacial score (nSPS) is 20.8. The van der Waals surface area contributed by atoms with Gasteiger partial charge in [-0.15, -0.1) is 0 Å². The van der Waals surface area contributed by atoms with E-state index in [1.165, 1.54) is 4.90 Å². The van der Waals surface area contributed by atoms with Gasteiger partial charge in [0.15, 0.2) is 5.78 Å². The molecule has 0 aromatic carbocycles. The molecule has 1 unspecified atom stereocenters. The van der Waals surface area contributed by atoms with E-state index in [1.54, 1.807) is 6.92 Å². The van der Waals surface area contributed by atoms with E-state index in [-0.39, 0.29) is 24.3 Å². The number of likely N-dealkylation sites (tertiary alicyclic amines) is 1. The third-order valence-electron chi connectivity index (χ3n) is 2.46. The molecule has 0 bridgehead atoms. The van der Waals surface area contributed by atoms with Gasteiger partial charge in [-0.3, -0.25) is 4.79 Å². The molecule has 1 aliphatic heterocycles. The smallest absolute Gasteiger partial charge is 0.410 e. The van der Waals surface area contributed by atoms with Gasteiger partial charge >= 0.3 is 6.09 Å². The lowest BCUT2D eigenvalue weighted by Gasteiger charge is -2.14. The maximum Gasteiger partial charge on any atom is 0.410 e. The van der Waals surface area contributed by atoms with Crippen LogP contribution in [0.5, 0.6) is 0 Å². The van der Waals surface area contributed by atoms with Crippen LogP contribution in [0.4, 0.5) is 4.79 Å². The van der Waals surface area contributed by atoms with Crippen LogP contribution in [-0.2, 0) is 9.53 Å². The number of Topliss-reactive ketones (excluding diaryl/α,β-unsaturated/α-hetero) is 1. The van der Waals surface area contributed by atoms with Crippen LogP contribution in [0, 0.1) is 5.92 Å². The molecule has 0 aromatic rings. The summed E-state index contributed by atoms with van der Waals surface area (Å²) in [6.45, 7) is 2.85. The summed E-state index contributed by atoms with van der Waals surface area (Å²) in [6, 6.07) is 0. The number of alkyl halides is 1. The van der Waals surface area contributed by atoms with Crippen molar-refractivity contribution < 1.29 is 14.3 Å². The summed E-state index contributed by atoms with van der Waals surface area (Å²) in [4.78, 5) is 24.4. The predicted molar refractivity (Wildman–Crippen MR) is 60.1 cm³/mol. The van der Waals surface area contributed by atoms with E-state index < -0.39 is 0 Å². The molecular formula is C10H16BrNO3. The lowest BCUT2D eigenvalue weighted by atomic mass is 10.0. The van der Waals surface area contributed by atoms with Crippen LogP contribution in [-0.4, -0.2) is 41.8 Å². The standard InChI is InChI=1S/C10H16BrNO3/c1-2-15-10(14)12-6-8(4-3-5-11)9(13)7-12/h8H,2-7H2,1H3. The van der Waals surface area contributed by atoms with Crippen molar-refractivity contribution in [1.29, 1.82) is 0 Å². The van der Waals surface area contributed by atoms with Crippen LogP contribution < -0.4 is 0 Å². The monoisotopic (exact) mass is 277 g/mol. The van der Waals surface area contributed by atoms with Gasteiger partial charge in [0.25, 0.3) is 0 Å². The van der Waals surface area contributed by atoms with Gasteiger partial charge in [-0.05, 0) is 19.8 Å². The molecule has 1 atom stereocenters. The average molecular weight is 278 g/mol. The van der Waals surface area contributed by atoms with Gasteiger partial charge in [0.2, 0.25) is 0 Å². The van der Waals surface area contributed by atoms with Crippen molar-refractivity contribution in [2.75, 3.05) is 25.0 Å². The van der Waals surface area contributed by atoms with Crippen LogP contribution in [0.3, 0.4) is 0 Å². The van der Waals surface area contributed by atoms with Gasteiger partial charge in [0.05, 0.1) is 13.2 Å². The van der Waals surface area contributed by atoms with Crippen LogP contribution in [0.15, 0.2) is 0 Å². The molecule has 1 amide bonds. The zero-order valence-corrected chi connectivity index (χ0v) is 10.5. The maximum absolute atomic E-state index is 11.5. The van der Waals surface area contributed by atoms with Crippen molar-refractivity contribution in [3.8, 4) is 0 Å². The lowest BCUT2D eigenvalue weighted by Crippen LogP contribution is -2.29. The summed E-state index contributed by atoms with van der Waals surface area (Å²) in [7, 11) is 0. The number of hydrogen-bond acceptors (Lipinski definition) is 3. The van der Waals surface area contributed by atoms with Gasteiger partial charge in [-0.1, -0.05) is 15.9 Å². The molecule has 1 rings (SSSR count). The Kier molecular flexibility index (Phi) is 5.08. The highest BCUT2D eigenvalue weighted by Gasteiger charge is 2.33. The molecule has 0 radical (unpaired) electrons. The molecular weight excluding hydrogens is 262 g/mol. The second-order valence-corrected chi connectivity index (χ2v) is 4.37. The summed E-state index contributed by atoms with van der Waals surface area (Å²) >= 11 is 3.33. The van der Waals surface area contributed by atoms with Crippen LogP contribution in [0.25, 0.3) is 0 Å². The maximum atomic E-state index is 11.5. The predicted octanol–water partition coefficient (Wildman–Crippen LogP) is 1.82. The van der Waals surface area contributed by atoms with Crippen molar-refractivity contribution in [1.82, 2.24) is 4.90 Å². The number of hydrogen-bond donors (Lipinski definition) is 0. The second kappa shape index (κ2) is 6.10. The Morgan fingerprint density at radius 2 is 2.40 bits per heavy atom. The molecule has 1 saturated heterocycles. The van der Waals surface area contributed by atoms with Crippen molar-refractivity contribution >= 4 is 27.8 Å². The van der Waals surface area contributed by atoms with Crippen LogP contribution in [0.1, 0.15) is 19.8 Å². The van der Waals surface area contributed by atoms with Gasteiger partial charge in [-0.2, -0.15) is 0 Å².